The second kappa shape index (κ2) is 10.5. The van der Waals surface area contributed by atoms with Crippen molar-refractivity contribution in [1.29, 1.82) is 0 Å². The van der Waals surface area contributed by atoms with Crippen LogP contribution in [0.3, 0.4) is 0 Å². The minimum absolute atomic E-state index is 0.178. The highest BCUT2D eigenvalue weighted by molar-refractivity contribution is 5.67. The van der Waals surface area contributed by atoms with Gasteiger partial charge in [-0.1, -0.05) is 31.4 Å². The summed E-state index contributed by atoms with van der Waals surface area (Å²) in [5, 5.41) is 0. The third-order valence-electron chi connectivity index (χ3n) is 6.59. The van der Waals surface area contributed by atoms with E-state index in [4.69, 9.17) is 19.9 Å². The van der Waals surface area contributed by atoms with E-state index in [0.717, 1.165) is 55.4 Å². The Kier molecular flexibility index (Phi) is 8.04. The van der Waals surface area contributed by atoms with E-state index in [2.05, 4.69) is 39.8 Å². The number of hydrogen-bond acceptors (Lipinski definition) is 5. The third kappa shape index (κ3) is 5.82. The molecule has 2 unspecified atom stereocenters. The lowest BCUT2D eigenvalue weighted by Crippen LogP contribution is -2.45. The lowest BCUT2D eigenvalue weighted by molar-refractivity contribution is 0.0104. The molecule has 172 valence electrons. The van der Waals surface area contributed by atoms with Crippen molar-refractivity contribution in [3.05, 3.63) is 34.9 Å². The molecule has 0 bridgehead atoms. The Balaban J connectivity index is 1.93. The van der Waals surface area contributed by atoms with Crippen LogP contribution in [0.1, 0.15) is 89.7 Å². The molecule has 0 radical (unpaired) electrons. The molecule has 1 aliphatic heterocycles. The second-order valence-corrected chi connectivity index (χ2v) is 9.55. The number of benzene rings is 1. The summed E-state index contributed by atoms with van der Waals surface area (Å²) in [6.45, 7) is 9.65. The zero-order chi connectivity index (χ0) is 22.4. The van der Waals surface area contributed by atoms with Gasteiger partial charge in [0, 0.05) is 17.4 Å². The quantitative estimate of drug-likeness (QED) is 0.216. The minimum atomic E-state index is -0.650. The fourth-order valence-electron chi connectivity index (χ4n) is 4.89. The van der Waals surface area contributed by atoms with Gasteiger partial charge in [0.1, 0.15) is 17.1 Å². The topological polar surface area (TPSA) is 70.8 Å². The fraction of sp³-hybridized carbons (Fsp3) is 0.654. The Hall–Kier alpha value is -2.01. The zero-order valence-corrected chi connectivity index (χ0v) is 19.7. The number of fused-ring (bicyclic) bond motifs is 3. The molecule has 0 saturated heterocycles. The number of hydrogen-bond donors (Lipinski definition) is 1. The van der Waals surface area contributed by atoms with Crippen LogP contribution in [0.5, 0.6) is 11.5 Å². The molecule has 1 aromatic rings. The first kappa shape index (κ1) is 23.6. The Morgan fingerprint density at radius 3 is 2.77 bits per heavy atom. The summed E-state index contributed by atoms with van der Waals surface area (Å²) in [5.74, 6) is 1.95. The number of carbonyl (C=O) groups excluding carboxylic acids is 1. The van der Waals surface area contributed by atoms with E-state index >= 15 is 0 Å². The van der Waals surface area contributed by atoms with Crippen molar-refractivity contribution in [2.75, 3.05) is 13.2 Å². The molecule has 0 aromatic heterocycles. The summed E-state index contributed by atoms with van der Waals surface area (Å²) in [7, 11) is 0. The second-order valence-electron chi connectivity index (χ2n) is 9.55. The van der Waals surface area contributed by atoms with Crippen LogP contribution in [0, 0.1) is 5.92 Å². The lowest BCUT2D eigenvalue weighted by atomic mass is 9.68. The van der Waals surface area contributed by atoms with Crippen LogP contribution >= 0.6 is 0 Å². The van der Waals surface area contributed by atoms with Crippen LogP contribution in [0.25, 0.3) is 0 Å². The molecule has 5 heteroatoms. The van der Waals surface area contributed by atoms with Crippen LogP contribution in [0.15, 0.2) is 23.8 Å². The number of nitrogens with two attached hydrogens (primary N) is 1. The molecule has 1 aromatic carbocycles. The van der Waals surface area contributed by atoms with Crippen molar-refractivity contribution in [3.8, 4) is 11.5 Å². The normalized spacial score (nSPS) is 21.4. The van der Waals surface area contributed by atoms with Crippen molar-refractivity contribution >= 4 is 6.16 Å². The number of unbranched alkanes of at least 4 members (excludes halogenated alkanes) is 3. The van der Waals surface area contributed by atoms with E-state index in [1.807, 2.05) is 6.07 Å². The summed E-state index contributed by atoms with van der Waals surface area (Å²) in [6.07, 6.45) is 9.80. The summed E-state index contributed by atoms with van der Waals surface area (Å²) in [5.41, 5.74) is 8.76. The van der Waals surface area contributed by atoms with Crippen LogP contribution < -0.4 is 15.2 Å². The molecular weight excluding hydrogens is 390 g/mol. The first-order chi connectivity index (χ1) is 14.9. The van der Waals surface area contributed by atoms with E-state index in [0.29, 0.717) is 24.8 Å². The van der Waals surface area contributed by atoms with Gasteiger partial charge < -0.3 is 19.9 Å². The molecule has 0 fully saturated rings. The minimum Gasteiger partial charge on any atom is -0.487 e. The molecule has 1 heterocycles. The van der Waals surface area contributed by atoms with E-state index in [1.165, 1.54) is 18.4 Å². The largest absolute Gasteiger partial charge is 0.513 e. The Morgan fingerprint density at radius 1 is 1.23 bits per heavy atom. The van der Waals surface area contributed by atoms with E-state index in [9.17, 15) is 4.79 Å². The maximum atomic E-state index is 12.5. The molecule has 5 nitrogen and oxygen atoms in total. The van der Waals surface area contributed by atoms with Crippen molar-refractivity contribution in [2.45, 2.75) is 90.6 Å². The summed E-state index contributed by atoms with van der Waals surface area (Å²) >= 11 is 0. The summed E-state index contributed by atoms with van der Waals surface area (Å²) in [4.78, 5) is 12.5. The van der Waals surface area contributed by atoms with Crippen molar-refractivity contribution in [2.24, 2.45) is 11.7 Å². The molecule has 0 spiro atoms. The van der Waals surface area contributed by atoms with Gasteiger partial charge in [-0.25, -0.2) is 4.79 Å². The van der Waals surface area contributed by atoms with Gasteiger partial charge in [0.05, 0.1) is 6.61 Å². The molecule has 3 rings (SSSR count). The standard InChI is InChI=1S/C26H39NO4/c1-5-6-7-10-19-16-22(30-25(28)29-14-9-8-13-27)24-20-15-18(2)11-12-21(20)26(3,4)31-23(24)17-19/h15-17,20-21H,5-14,27H2,1-4H3. The molecule has 2 atom stereocenters. The molecule has 0 saturated carbocycles. The average molecular weight is 430 g/mol. The highest BCUT2D eigenvalue weighted by Gasteiger charge is 2.45. The predicted octanol–water partition coefficient (Wildman–Crippen LogP) is 6.28. The number of ether oxygens (including phenoxy) is 3. The van der Waals surface area contributed by atoms with Crippen LogP contribution in [0.2, 0.25) is 0 Å². The Labute approximate surface area is 187 Å². The molecular formula is C26H39NO4. The Morgan fingerprint density at radius 2 is 2.03 bits per heavy atom. The summed E-state index contributed by atoms with van der Waals surface area (Å²) < 4.78 is 17.6. The summed E-state index contributed by atoms with van der Waals surface area (Å²) in [6, 6.07) is 4.17. The van der Waals surface area contributed by atoms with Gasteiger partial charge in [-0.05, 0) is 83.5 Å². The molecule has 31 heavy (non-hydrogen) atoms. The highest BCUT2D eigenvalue weighted by atomic mass is 16.7. The maximum Gasteiger partial charge on any atom is 0.513 e. The van der Waals surface area contributed by atoms with Crippen LogP contribution in [-0.2, 0) is 11.2 Å². The monoisotopic (exact) mass is 429 g/mol. The van der Waals surface area contributed by atoms with E-state index in [-0.39, 0.29) is 11.5 Å². The van der Waals surface area contributed by atoms with Gasteiger partial charge in [-0.3, -0.25) is 0 Å². The smallest absolute Gasteiger partial charge is 0.487 e. The molecule has 2 N–H and O–H groups in total. The van der Waals surface area contributed by atoms with Gasteiger partial charge in [0.15, 0.2) is 0 Å². The third-order valence-corrected chi connectivity index (χ3v) is 6.59. The van der Waals surface area contributed by atoms with Gasteiger partial charge >= 0.3 is 6.16 Å². The van der Waals surface area contributed by atoms with Gasteiger partial charge in [0.2, 0.25) is 0 Å². The van der Waals surface area contributed by atoms with E-state index in [1.54, 1.807) is 0 Å². The maximum absolute atomic E-state index is 12.5. The Bertz CT molecular complexity index is 799. The zero-order valence-electron chi connectivity index (χ0n) is 19.7. The molecule has 1 aliphatic carbocycles. The van der Waals surface area contributed by atoms with E-state index < -0.39 is 6.16 Å². The van der Waals surface area contributed by atoms with Crippen molar-refractivity contribution in [1.82, 2.24) is 0 Å². The molecule has 0 amide bonds. The van der Waals surface area contributed by atoms with Gasteiger partial charge in [-0.15, -0.1) is 0 Å². The van der Waals surface area contributed by atoms with Gasteiger partial charge in [0.25, 0.3) is 0 Å². The number of allylic oxidation sites excluding steroid dienone is 2. The lowest BCUT2D eigenvalue weighted by Gasteiger charge is -2.46. The first-order valence-corrected chi connectivity index (χ1v) is 11.9. The molecule has 2 aliphatic rings. The average Bonchev–Trinajstić information content (AvgIpc) is 2.70. The number of rotatable bonds is 9. The highest BCUT2D eigenvalue weighted by Crippen LogP contribution is 2.53. The number of carbonyl (C=O) groups is 1. The van der Waals surface area contributed by atoms with Crippen molar-refractivity contribution < 1.29 is 19.0 Å². The number of aryl methyl sites for hydroxylation is 1. The van der Waals surface area contributed by atoms with Crippen LogP contribution in [-0.4, -0.2) is 24.9 Å². The fourth-order valence-corrected chi connectivity index (χ4v) is 4.89. The van der Waals surface area contributed by atoms with Crippen LogP contribution in [0.4, 0.5) is 4.79 Å². The van der Waals surface area contributed by atoms with Crippen molar-refractivity contribution in [3.63, 3.8) is 0 Å². The predicted molar refractivity (Wildman–Crippen MR) is 124 cm³/mol. The van der Waals surface area contributed by atoms with Gasteiger partial charge in [-0.2, -0.15) is 0 Å². The first-order valence-electron chi connectivity index (χ1n) is 11.9. The SMILES string of the molecule is CCCCCc1cc(OC(=O)OCCCCN)c2c(c1)OC(C)(C)C1CCC(C)=CC21.